The summed E-state index contributed by atoms with van der Waals surface area (Å²) in [5.74, 6) is -0.879. The molecule has 10 heteroatoms. The molecule has 1 N–H and O–H groups in total. The first-order chi connectivity index (χ1) is 11.4. The normalized spacial score (nSPS) is 10.2. The van der Waals surface area contributed by atoms with Crippen LogP contribution in [0, 0.1) is 17.0 Å². The van der Waals surface area contributed by atoms with Crippen molar-refractivity contribution in [1.29, 1.82) is 0 Å². The zero-order valence-corrected chi connectivity index (χ0v) is 13.5. The molecule has 0 bridgehead atoms. The van der Waals surface area contributed by atoms with Gasteiger partial charge >= 0.3 is 5.97 Å². The summed E-state index contributed by atoms with van der Waals surface area (Å²) in [7, 11) is 0. The molecule has 0 spiro atoms. The summed E-state index contributed by atoms with van der Waals surface area (Å²) < 4.78 is 5.02. The molecule has 2 aromatic rings. The lowest BCUT2D eigenvalue weighted by atomic mass is 10.2. The quantitative estimate of drug-likeness (QED) is 0.461. The number of aromatic nitrogens is 2. The number of amides is 1. The highest BCUT2D eigenvalue weighted by atomic mass is 32.1. The van der Waals surface area contributed by atoms with Gasteiger partial charge in [0.2, 0.25) is 11.0 Å². The van der Waals surface area contributed by atoms with Crippen molar-refractivity contribution in [3.8, 4) is 0 Å². The van der Waals surface area contributed by atoms with Crippen LogP contribution in [-0.4, -0.2) is 27.0 Å². The zero-order chi connectivity index (χ0) is 17.5. The summed E-state index contributed by atoms with van der Waals surface area (Å²) in [6, 6.07) is 5.69. The summed E-state index contributed by atoms with van der Waals surface area (Å²) in [5.41, 5.74) is 0.594. The SMILES string of the molecule is Cc1nnc(NC(=O)CCC(=O)OCc2ccc([N+](=O)[O-])cc2)s1. The highest BCUT2D eigenvalue weighted by molar-refractivity contribution is 7.15. The summed E-state index contributed by atoms with van der Waals surface area (Å²) in [5, 5.41) is 21.7. The molecular formula is C14H14N4O5S. The lowest BCUT2D eigenvalue weighted by Gasteiger charge is -2.05. The highest BCUT2D eigenvalue weighted by Crippen LogP contribution is 2.15. The molecule has 9 nitrogen and oxygen atoms in total. The number of carbonyl (C=O) groups excluding carboxylic acids is 2. The van der Waals surface area contributed by atoms with E-state index in [1.54, 1.807) is 6.92 Å². The Morgan fingerprint density at radius 1 is 1.25 bits per heavy atom. The molecule has 1 heterocycles. The van der Waals surface area contributed by atoms with Crippen molar-refractivity contribution in [3.05, 3.63) is 45.0 Å². The van der Waals surface area contributed by atoms with Crippen LogP contribution in [0.1, 0.15) is 23.4 Å². The lowest BCUT2D eigenvalue weighted by molar-refractivity contribution is -0.384. The Morgan fingerprint density at radius 2 is 1.96 bits per heavy atom. The molecule has 0 aliphatic heterocycles. The van der Waals surface area contributed by atoms with Crippen molar-refractivity contribution in [2.45, 2.75) is 26.4 Å². The van der Waals surface area contributed by atoms with E-state index in [0.717, 1.165) is 5.01 Å². The van der Waals surface area contributed by atoms with Crippen LogP contribution in [0.25, 0.3) is 0 Å². The maximum Gasteiger partial charge on any atom is 0.306 e. The van der Waals surface area contributed by atoms with E-state index in [4.69, 9.17) is 4.74 Å². The lowest BCUT2D eigenvalue weighted by Crippen LogP contribution is -2.14. The van der Waals surface area contributed by atoms with Gasteiger partial charge in [0.25, 0.3) is 5.69 Å². The van der Waals surface area contributed by atoms with E-state index in [1.165, 1.54) is 35.6 Å². The fraction of sp³-hybridized carbons (Fsp3) is 0.286. The second kappa shape index (κ2) is 8.11. The van der Waals surface area contributed by atoms with E-state index in [1.807, 2.05) is 0 Å². The number of anilines is 1. The van der Waals surface area contributed by atoms with Gasteiger partial charge < -0.3 is 10.1 Å². The van der Waals surface area contributed by atoms with Crippen molar-refractivity contribution in [2.24, 2.45) is 0 Å². The Labute approximate surface area is 140 Å². The molecule has 1 aromatic heterocycles. The number of esters is 1. The number of nitrogens with one attached hydrogen (secondary N) is 1. The van der Waals surface area contributed by atoms with Crippen LogP contribution in [0.2, 0.25) is 0 Å². The zero-order valence-electron chi connectivity index (χ0n) is 12.7. The van der Waals surface area contributed by atoms with E-state index in [9.17, 15) is 19.7 Å². The summed E-state index contributed by atoms with van der Waals surface area (Å²) in [6.07, 6.45) is -0.103. The standard InChI is InChI=1S/C14H14N4O5S/c1-9-16-17-14(24-9)15-12(19)6-7-13(20)23-8-10-2-4-11(5-3-10)18(21)22/h2-5H,6-8H2,1H3,(H,15,17,19). The number of benzene rings is 1. The molecule has 1 amide bonds. The molecule has 0 saturated heterocycles. The third-order valence-electron chi connectivity index (χ3n) is 2.88. The number of nitrogens with zero attached hydrogens (tertiary/aromatic N) is 3. The van der Waals surface area contributed by atoms with Crippen LogP contribution in [0.15, 0.2) is 24.3 Å². The number of rotatable bonds is 7. The predicted octanol–water partition coefficient (Wildman–Crippen LogP) is 2.22. The molecule has 0 aliphatic rings. The molecule has 0 fully saturated rings. The molecule has 24 heavy (non-hydrogen) atoms. The largest absolute Gasteiger partial charge is 0.461 e. The van der Waals surface area contributed by atoms with Crippen LogP contribution in [0.4, 0.5) is 10.8 Å². The molecule has 0 saturated carbocycles. The van der Waals surface area contributed by atoms with Crippen LogP contribution in [0.5, 0.6) is 0 Å². The average molecular weight is 350 g/mol. The van der Waals surface area contributed by atoms with Crippen molar-refractivity contribution >= 4 is 34.0 Å². The summed E-state index contributed by atoms with van der Waals surface area (Å²) in [4.78, 5) is 33.3. The van der Waals surface area contributed by atoms with Gasteiger partial charge in [-0.25, -0.2) is 0 Å². The Hall–Kier alpha value is -2.88. The maximum absolute atomic E-state index is 11.7. The monoisotopic (exact) mass is 350 g/mol. The fourth-order valence-corrected chi connectivity index (χ4v) is 2.30. The smallest absolute Gasteiger partial charge is 0.306 e. The minimum absolute atomic E-state index is 0.00591. The number of carbonyl (C=O) groups is 2. The van der Waals surface area contributed by atoms with E-state index >= 15 is 0 Å². The summed E-state index contributed by atoms with van der Waals surface area (Å²) in [6.45, 7) is 1.76. The van der Waals surface area contributed by atoms with Gasteiger partial charge in [-0.3, -0.25) is 19.7 Å². The van der Waals surface area contributed by atoms with Gasteiger partial charge in [-0.1, -0.05) is 11.3 Å². The molecule has 0 radical (unpaired) electrons. The Morgan fingerprint density at radius 3 is 2.54 bits per heavy atom. The summed E-state index contributed by atoms with van der Waals surface area (Å²) >= 11 is 1.24. The van der Waals surface area contributed by atoms with Gasteiger partial charge in [0, 0.05) is 18.6 Å². The number of non-ortho nitro benzene ring substituents is 1. The molecule has 2 rings (SSSR count). The van der Waals surface area contributed by atoms with Crippen LogP contribution in [0.3, 0.4) is 0 Å². The maximum atomic E-state index is 11.7. The second-order valence-corrected chi connectivity index (χ2v) is 5.94. The van der Waals surface area contributed by atoms with E-state index in [2.05, 4.69) is 15.5 Å². The minimum Gasteiger partial charge on any atom is -0.461 e. The van der Waals surface area contributed by atoms with Crippen molar-refractivity contribution in [3.63, 3.8) is 0 Å². The van der Waals surface area contributed by atoms with Gasteiger partial charge in [0.05, 0.1) is 11.3 Å². The predicted molar refractivity (Wildman–Crippen MR) is 85.4 cm³/mol. The minimum atomic E-state index is -0.531. The number of nitro groups is 1. The van der Waals surface area contributed by atoms with Crippen molar-refractivity contribution < 1.29 is 19.2 Å². The van der Waals surface area contributed by atoms with Crippen LogP contribution < -0.4 is 5.32 Å². The Kier molecular flexibility index (Phi) is 5.90. The highest BCUT2D eigenvalue weighted by Gasteiger charge is 2.11. The van der Waals surface area contributed by atoms with Crippen LogP contribution in [-0.2, 0) is 20.9 Å². The molecule has 126 valence electrons. The number of ether oxygens (including phenoxy) is 1. The first-order valence-corrected chi connectivity index (χ1v) is 7.74. The van der Waals surface area contributed by atoms with Gasteiger partial charge in [-0.2, -0.15) is 0 Å². The van der Waals surface area contributed by atoms with Gasteiger partial charge in [-0.15, -0.1) is 10.2 Å². The van der Waals surface area contributed by atoms with E-state index in [-0.39, 0.29) is 31.0 Å². The van der Waals surface area contributed by atoms with Crippen LogP contribution >= 0.6 is 11.3 Å². The van der Waals surface area contributed by atoms with E-state index < -0.39 is 10.9 Å². The van der Waals surface area contributed by atoms with Crippen molar-refractivity contribution in [1.82, 2.24) is 10.2 Å². The number of aryl methyl sites for hydroxylation is 1. The molecule has 0 unspecified atom stereocenters. The number of nitro benzene ring substituents is 1. The Balaban J connectivity index is 1.71. The van der Waals surface area contributed by atoms with Gasteiger partial charge in [0.1, 0.15) is 11.6 Å². The number of hydrogen-bond acceptors (Lipinski definition) is 8. The first kappa shape index (κ1) is 17.5. The van der Waals surface area contributed by atoms with Gasteiger partial charge in [0.15, 0.2) is 0 Å². The molecular weight excluding hydrogens is 336 g/mol. The Bertz CT molecular complexity index is 744. The molecule has 0 atom stereocenters. The fourth-order valence-electron chi connectivity index (χ4n) is 1.69. The third kappa shape index (κ3) is 5.39. The molecule has 0 aliphatic carbocycles. The molecule has 1 aromatic carbocycles. The third-order valence-corrected chi connectivity index (χ3v) is 3.63. The first-order valence-electron chi connectivity index (χ1n) is 6.93. The average Bonchev–Trinajstić information content (AvgIpc) is 2.96. The van der Waals surface area contributed by atoms with E-state index in [0.29, 0.717) is 10.7 Å². The number of hydrogen-bond donors (Lipinski definition) is 1. The second-order valence-electron chi connectivity index (χ2n) is 4.76. The van der Waals surface area contributed by atoms with Gasteiger partial charge in [-0.05, 0) is 24.6 Å². The topological polar surface area (TPSA) is 124 Å². The van der Waals surface area contributed by atoms with Crippen molar-refractivity contribution in [2.75, 3.05) is 5.32 Å².